The molecular weight excluding hydrogens is 354 g/mol. The number of nitrogens with zero attached hydrogens (tertiary/aromatic N) is 6. The quantitative estimate of drug-likeness (QED) is 0.750. The Morgan fingerprint density at radius 3 is 2.46 bits per heavy atom. The lowest BCUT2D eigenvalue weighted by Crippen LogP contribution is -2.34. The number of hydrogen-bond donors (Lipinski definition) is 1. The third kappa shape index (κ3) is 3.81. The maximum Gasteiger partial charge on any atom is 0.267 e. The highest BCUT2D eigenvalue weighted by molar-refractivity contribution is 5.27. The third-order valence-electron chi connectivity index (χ3n) is 5.21. The van der Waals surface area contributed by atoms with E-state index in [4.69, 9.17) is 0 Å². The molecule has 0 aromatic carbocycles. The minimum absolute atomic E-state index is 0.0660. The normalized spacial score (nSPS) is 19.5. The highest BCUT2D eigenvalue weighted by Crippen LogP contribution is 2.28. The van der Waals surface area contributed by atoms with E-state index in [9.17, 15) is 4.79 Å². The summed E-state index contributed by atoms with van der Waals surface area (Å²) in [5.41, 5.74) is 2.81. The van der Waals surface area contributed by atoms with Crippen LogP contribution in [-0.2, 0) is 0 Å². The van der Waals surface area contributed by atoms with Gasteiger partial charge in [-0.05, 0) is 64.7 Å². The molecule has 4 rings (SSSR count). The van der Waals surface area contributed by atoms with Gasteiger partial charge < -0.3 is 5.32 Å². The Labute approximate surface area is 163 Å². The predicted octanol–water partition coefficient (Wildman–Crippen LogP) is 2.74. The Morgan fingerprint density at radius 2 is 1.79 bits per heavy atom. The van der Waals surface area contributed by atoms with E-state index >= 15 is 0 Å². The molecule has 1 aliphatic rings. The summed E-state index contributed by atoms with van der Waals surface area (Å²) in [7, 11) is 0. The van der Waals surface area contributed by atoms with Crippen molar-refractivity contribution in [3.05, 3.63) is 57.9 Å². The van der Waals surface area contributed by atoms with Crippen LogP contribution >= 0.6 is 0 Å². The molecule has 0 unspecified atom stereocenters. The highest BCUT2D eigenvalue weighted by atomic mass is 16.1. The van der Waals surface area contributed by atoms with Crippen molar-refractivity contribution < 1.29 is 0 Å². The van der Waals surface area contributed by atoms with Gasteiger partial charge in [0.05, 0.1) is 11.7 Å². The Balaban J connectivity index is 1.48. The summed E-state index contributed by atoms with van der Waals surface area (Å²) < 4.78 is 3.42. The van der Waals surface area contributed by atoms with Crippen LogP contribution in [0.15, 0.2) is 35.3 Å². The van der Waals surface area contributed by atoms with Crippen molar-refractivity contribution >= 4 is 5.95 Å². The lowest BCUT2D eigenvalue weighted by molar-refractivity contribution is 0.302. The molecule has 3 aromatic rings. The van der Waals surface area contributed by atoms with Gasteiger partial charge in [-0.2, -0.15) is 5.10 Å². The average molecular weight is 379 g/mol. The number of nitrogens with one attached hydrogen (secondary N) is 1. The topological polar surface area (TPSA) is 90.5 Å². The van der Waals surface area contributed by atoms with Crippen molar-refractivity contribution in [2.75, 3.05) is 5.32 Å². The molecule has 0 amide bonds. The summed E-state index contributed by atoms with van der Waals surface area (Å²) in [5.74, 6) is 1.35. The smallest absolute Gasteiger partial charge is 0.267 e. The number of aryl methyl sites for hydroxylation is 3. The lowest BCUT2D eigenvalue weighted by Gasteiger charge is -2.29. The van der Waals surface area contributed by atoms with Crippen molar-refractivity contribution in [1.82, 2.24) is 29.5 Å². The minimum atomic E-state index is -0.0660. The second-order valence-electron chi connectivity index (χ2n) is 7.48. The van der Waals surface area contributed by atoms with Gasteiger partial charge in [-0.1, -0.05) is 0 Å². The van der Waals surface area contributed by atoms with Crippen LogP contribution in [0.2, 0.25) is 0 Å². The zero-order valence-electron chi connectivity index (χ0n) is 16.5. The number of anilines is 1. The van der Waals surface area contributed by atoms with Crippen LogP contribution in [-0.4, -0.2) is 35.6 Å². The first-order valence-corrected chi connectivity index (χ1v) is 9.69. The van der Waals surface area contributed by atoms with E-state index in [-0.39, 0.29) is 11.6 Å². The summed E-state index contributed by atoms with van der Waals surface area (Å²) in [6, 6.07) is 7.62. The van der Waals surface area contributed by atoms with Gasteiger partial charge in [0.1, 0.15) is 0 Å². The van der Waals surface area contributed by atoms with Crippen LogP contribution in [0, 0.1) is 20.8 Å². The van der Waals surface area contributed by atoms with E-state index in [1.54, 1.807) is 27.7 Å². The fourth-order valence-corrected chi connectivity index (χ4v) is 3.82. The molecule has 8 heteroatoms. The average Bonchev–Trinajstić information content (AvgIpc) is 3.01. The van der Waals surface area contributed by atoms with Gasteiger partial charge in [-0.3, -0.25) is 4.79 Å². The molecule has 8 nitrogen and oxygen atoms in total. The fourth-order valence-electron chi connectivity index (χ4n) is 3.82. The first kappa shape index (κ1) is 18.3. The molecule has 0 spiro atoms. The molecule has 0 aliphatic heterocycles. The summed E-state index contributed by atoms with van der Waals surface area (Å²) in [6.45, 7) is 5.89. The van der Waals surface area contributed by atoms with Gasteiger partial charge in [0.15, 0.2) is 5.82 Å². The van der Waals surface area contributed by atoms with Gasteiger partial charge >= 0.3 is 0 Å². The second-order valence-corrected chi connectivity index (χ2v) is 7.48. The molecule has 1 aliphatic carbocycles. The van der Waals surface area contributed by atoms with Crippen LogP contribution in [0.3, 0.4) is 0 Å². The molecular formula is C20H25N7O. The van der Waals surface area contributed by atoms with Crippen molar-refractivity contribution in [3.63, 3.8) is 0 Å². The molecule has 0 saturated heterocycles. The largest absolute Gasteiger partial charge is 0.351 e. The Morgan fingerprint density at radius 1 is 1.00 bits per heavy atom. The Kier molecular flexibility index (Phi) is 4.93. The van der Waals surface area contributed by atoms with Gasteiger partial charge in [0, 0.05) is 29.7 Å². The van der Waals surface area contributed by atoms with Gasteiger partial charge in [0.2, 0.25) is 5.95 Å². The molecule has 146 valence electrons. The van der Waals surface area contributed by atoms with E-state index in [1.165, 1.54) is 0 Å². The molecule has 3 aromatic heterocycles. The highest BCUT2D eigenvalue weighted by Gasteiger charge is 2.24. The first-order chi connectivity index (χ1) is 13.5. The summed E-state index contributed by atoms with van der Waals surface area (Å²) in [6.07, 6.45) is 5.43. The standard InChI is InChI=1S/C20H25N7O/c1-13-10-11-21-20(22-13)23-16-4-6-17(7-5-16)27-19(28)9-8-18(25-27)26-15(3)12-14(2)24-26/h8-12,16-17H,4-7H2,1-3H3,(H,21,22,23). The van der Waals surface area contributed by atoms with Gasteiger partial charge in [0.25, 0.3) is 5.56 Å². The molecule has 28 heavy (non-hydrogen) atoms. The molecule has 0 radical (unpaired) electrons. The SMILES string of the molecule is Cc1ccnc(NC2CCC(n3nc(-n4nc(C)cc4C)ccc3=O)CC2)n1. The lowest BCUT2D eigenvalue weighted by atomic mass is 9.91. The predicted molar refractivity (Wildman–Crippen MR) is 107 cm³/mol. The first-order valence-electron chi connectivity index (χ1n) is 9.69. The van der Waals surface area contributed by atoms with Gasteiger partial charge in [-0.15, -0.1) is 5.10 Å². The molecule has 0 bridgehead atoms. The summed E-state index contributed by atoms with van der Waals surface area (Å²) in [4.78, 5) is 21.1. The van der Waals surface area contributed by atoms with Crippen molar-refractivity contribution in [3.8, 4) is 5.82 Å². The van der Waals surface area contributed by atoms with E-state index in [0.717, 1.165) is 42.8 Å². The maximum absolute atomic E-state index is 12.4. The molecule has 1 N–H and O–H groups in total. The Hall–Kier alpha value is -3.03. The number of aromatic nitrogens is 6. The van der Waals surface area contributed by atoms with E-state index in [1.807, 2.05) is 32.9 Å². The Bertz CT molecular complexity index is 1030. The summed E-state index contributed by atoms with van der Waals surface area (Å²) in [5, 5.41) is 12.5. The van der Waals surface area contributed by atoms with Crippen molar-refractivity contribution in [1.29, 1.82) is 0 Å². The van der Waals surface area contributed by atoms with Crippen molar-refractivity contribution in [2.45, 2.75) is 58.5 Å². The van der Waals surface area contributed by atoms with Crippen molar-refractivity contribution in [2.24, 2.45) is 0 Å². The molecule has 1 fully saturated rings. The van der Waals surface area contributed by atoms with Crippen LogP contribution < -0.4 is 10.9 Å². The van der Waals surface area contributed by atoms with Crippen LogP contribution in [0.1, 0.15) is 48.8 Å². The number of hydrogen-bond acceptors (Lipinski definition) is 6. The van der Waals surface area contributed by atoms with Crippen LogP contribution in [0.25, 0.3) is 5.82 Å². The zero-order valence-corrected chi connectivity index (χ0v) is 16.5. The second kappa shape index (κ2) is 7.53. The fraction of sp³-hybridized carbons (Fsp3) is 0.450. The third-order valence-corrected chi connectivity index (χ3v) is 5.21. The monoisotopic (exact) mass is 379 g/mol. The minimum Gasteiger partial charge on any atom is -0.351 e. The van der Waals surface area contributed by atoms with Gasteiger partial charge in [-0.25, -0.2) is 19.3 Å². The zero-order chi connectivity index (χ0) is 19.7. The van der Waals surface area contributed by atoms with Crippen LogP contribution in [0.4, 0.5) is 5.95 Å². The molecule has 0 atom stereocenters. The molecule has 3 heterocycles. The van der Waals surface area contributed by atoms with E-state index < -0.39 is 0 Å². The van der Waals surface area contributed by atoms with E-state index in [2.05, 4.69) is 25.5 Å². The molecule has 1 saturated carbocycles. The van der Waals surface area contributed by atoms with Crippen LogP contribution in [0.5, 0.6) is 0 Å². The number of rotatable bonds is 4. The maximum atomic E-state index is 12.4. The van der Waals surface area contributed by atoms with E-state index in [0.29, 0.717) is 17.8 Å². The summed E-state index contributed by atoms with van der Waals surface area (Å²) >= 11 is 0.